The first-order chi connectivity index (χ1) is 7.79. The lowest BCUT2D eigenvalue weighted by Gasteiger charge is -2.18. The summed E-state index contributed by atoms with van der Waals surface area (Å²) in [5, 5.41) is 12.4. The lowest BCUT2D eigenvalue weighted by molar-refractivity contribution is 0.474. The lowest BCUT2D eigenvalue weighted by Crippen LogP contribution is -2.28. The fourth-order valence-electron chi connectivity index (χ4n) is 2.08. The Balaban J connectivity index is 1.89. The summed E-state index contributed by atoms with van der Waals surface area (Å²) in [5.74, 6) is 0. The van der Waals surface area contributed by atoms with Crippen molar-refractivity contribution in [2.45, 2.75) is 31.8 Å². The molecule has 0 fully saturated rings. The first-order valence-corrected chi connectivity index (χ1v) is 5.73. The number of aryl methyl sites for hydroxylation is 1. The van der Waals surface area contributed by atoms with E-state index < -0.39 is 0 Å². The number of aromatic nitrogens is 1. The lowest BCUT2D eigenvalue weighted by atomic mass is 10.0. The molecule has 2 rings (SSSR count). The van der Waals surface area contributed by atoms with Crippen LogP contribution in [0.4, 0.5) is 0 Å². The first-order valence-electron chi connectivity index (χ1n) is 5.73. The molecular weight excluding hydrogens is 198 g/mol. The van der Waals surface area contributed by atoms with Crippen LogP contribution in [0.5, 0.6) is 0 Å². The van der Waals surface area contributed by atoms with Crippen molar-refractivity contribution in [1.82, 2.24) is 9.88 Å². The van der Waals surface area contributed by atoms with Crippen molar-refractivity contribution in [3.05, 3.63) is 35.7 Å². The molecule has 0 saturated carbocycles. The highest BCUT2D eigenvalue weighted by Gasteiger charge is 2.09. The topological polar surface area (TPSA) is 40.8 Å². The van der Waals surface area contributed by atoms with Crippen LogP contribution in [0.1, 0.15) is 30.5 Å². The van der Waals surface area contributed by atoms with Gasteiger partial charge in [0.1, 0.15) is 11.8 Å². The van der Waals surface area contributed by atoms with Crippen molar-refractivity contribution >= 4 is 0 Å². The number of hydrogen-bond acceptors (Lipinski definition) is 2. The molecule has 0 saturated heterocycles. The van der Waals surface area contributed by atoms with Crippen LogP contribution in [0, 0.1) is 11.3 Å². The predicted molar refractivity (Wildman–Crippen MR) is 63.7 cm³/mol. The van der Waals surface area contributed by atoms with Gasteiger partial charge in [0.05, 0.1) is 0 Å². The molecule has 84 valence electrons. The van der Waals surface area contributed by atoms with E-state index in [0.29, 0.717) is 6.04 Å². The Labute approximate surface area is 96.4 Å². The Morgan fingerprint density at radius 3 is 3.06 bits per heavy atom. The molecular formula is C13H17N3. The average molecular weight is 215 g/mol. The zero-order valence-electron chi connectivity index (χ0n) is 9.61. The minimum Gasteiger partial charge on any atom is -0.342 e. The third-order valence-corrected chi connectivity index (χ3v) is 3.04. The molecule has 3 heteroatoms. The van der Waals surface area contributed by atoms with Gasteiger partial charge in [0.25, 0.3) is 0 Å². The molecule has 3 nitrogen and oxygen atoms in total. The molecule has 1 aliphatic rings. The summed E-state index contributed by atoms with van der Waals surface area (Å²) in [6, 6.07) is 4.72. The molecule has 1 heterocycles. The standard InChI is InChI=1S/C13H17N3/c1-16-10-11(7-13(16)8-14)9-15-12-5-3-2-4-6-12/h2-3,7,10,12,15H,4-6,9H2,1H3. The van der Waals surface area contributed by atoms with Gasteiger partial charge in [-0.1, -0.05) is 12.2 Å². The zero-order valence-corrected chi connectivity index (χ0v) is 9.61. The fraction of sp³-hybridized carbons (Fsp3) is 0.462. The van der Waals surface area contributed by atoms with E-state index in [2.05, 4.69) is 23.5 Å². The van der Waals surface area contributed by atoms with Gasteiger partial charge in [-0.05, 0) is 30.9 Å². The van der Waals surface area contributed by atoms with Crippen LogP contribution in [-0.2, 0) is 13.6 Å². The van der Waals surface area contributed by atoms with Crippen LogP contribution in [0.2, 0.25) is 0 Å². The molecule has 0 radical (unpaired) electrons. The van der Waals surface area contributed by atoms with Crippen LogP contribution in [0.15, 0.2) is 24.4 Å². The number of hydrogen-bond donors (Lipinski definition) is 1. The third kappa shape index (κ3) is 2.53. The third-order valence-electron chi connectivity index (χ3n) is 3.04. The SMILES string of the molecule is Cn1cc(CNC2CC=CCC2)cc1C#N. The highest BCUT2D eigenvalue weighted by Crippen LogP contribution is 2.12. The van der Waals surface area contributed by atoms with E-state index in [1.807, 2.05) is 23.9 Å². The Hall–Kier alpha value is -1.53. The van der Waals surface area contributed by atoms with Gasteiger partial charge in [-0.3, -0.25) is 0 Å². The van der Waals surface area contributed by atoms with Crippen LogP contribution in [-0.4, -0.2) is 10.6 Å². The van der Waals surface area contributed by atoms with Gasteiger partial charge in [0.15, 0.2) is 0 Å². The van der Waals surface area contributed by atoms with Crippen LogP contribution >= 0.6 is 0 Å². The van der Waals surface area contributed by atoms with Gasteiger partial charge >= 0.3 is 0 Å². The smallest absolute Gasteiger partial charge is 0.120 e. The second kappa shape index (κ2) is 5.00. The molecule has 16 heavy (non-hydrogen) atoms. The number of allylic oxidation sites excluding steroid dienone is 1. The molecule has 0 bridgehead atoms. The first kappa shape index (κ1) is 11.0. The molecule has 0 amide bonds. The fourth-order valence-corrected chi connectivity index (χ4v) is 2.08. The predicted octanol–water partition coefficient (Wildman–Crippen LogP) is 2.10. The minimum atomic E-state index is 0.593. The summed E-state index contributed by atoms with van der Waals surface area (Å²) in [6.45, 7) is 0.855. The maximum atomic E-state index is 8.85. The van der Waals surface area contributed by atoms with E-state index in [4.69, 9.17) is 5.26 Å². The van der Waals surface area contributed by atoms with Gasteiger partial charge in [-0.25, -0.2) is 0 Å². The number of nitrogens with zero attached hydrogens (tertiary/aromatic N) is 2. The Bertz CT molecular complexity index is 423. The van der Waals surface area contributed by atoms with E-state index >= 15 is 0 Å². The average Bonchev–Trinajstić information content (AvgIpc) is 2.69. The highest BCUT2D eigenvalue weighted by atomic mass is 14.9. The Morgan fingerprint density at radius 1 is 1.56 bits per heavy atom. The Kier molecular flexibility index (Phi) is 3.43. The Morgan fingerprint density at radius 2 is 2.44 bits per heavy atom. The van der Waals surface area contributed by atoms with Crippen molar-refractivity contribution in [3.63, 3.8) is 0 Å². The molecule has 0 aliphatic heterocycles. The van der Waals surface area contributed by atoms with Crippen LogP contribution < -0.4 is 5.32 Å². The quantitative estimate of drug-likeness (QED) is 0.784. The number of rotatable bonds is 3. The van der Waals surface area contributed by atoms with Gasteiger partial charge in [-0.15, -0.1) is 0 Å². The van der Waals surface area contributed by atoms with Gasteiger partial charge in [0.2, 0.25) is 0 Å². The van der Waals surface area contributed by atoms with Gasteiger partial charge in [0, 0.05) is 25.8 Å². The van der Waals surface area contributed by atoms with E-state index in [1.54, 1.807) is 0 Å². The summed E-state index contributed by atoms with van der Waals surface area (Å²) in [5.41, 5.74) is 1.91. The maximum Gasteiger partial charge on any atom is 0.120 e. The van der Waals surface area contributed by atoms with Crippen molar-refractivity contribution in [2.75, 3.05) is 0 Å². The normalized spacial score (nSPS) is 19.6. The van der Waals surface area contributed by atoms with Gasteiger partial charge < -0.3 is 9.88 Å². The molecule has 0 spiro atoms. The second-order valence-electron chi connectivity index (χ2n) is 4.32. The van der Waals surface area contributed by atoms with Crippen LogP contribution in [0.3, 0.4) is 0 Å². The molecule has 0 aromatic carbocycles. The van der Waals surface area contributed by atoms with Crippen molar-refractivity contribution in [2.24, 2.45) is 7.05 Å². The summed E-state index contributed by atoms with van der Waals surface area (Å²) in [6.07, 6.45) is 10.0. The monoisotopic (exact) mass is 215 g/mol. The van der Waals surface area contributed by atoms with Crippen molar-refractivity contribution < 1.29 is 0 Å². The molecule has 1 aliphatic carbocycles. The number of nitrogens with one attached hydrogen (secondary N) is 1. The van der Waals surface area contributed by atoms with Crippen molar-refractivity contribution in [1.29, 1.82) is 5.26 Å². The summed E-state index contributed by atoms with van der Waals surface area (Å²) in [7, 11) is 1.91. The zero-order chi connectivity index (χ0) is 11.4. The van der Waals surface area contributed by atoms with E-state index in [9.17, 15) is 0 Å². The summed E-state index contributed by atoms with van der Waals surface area (Å²) < 4.78 is 1.87. The van der Waals surface area contributed by atoms with E-state index in [1.165, 1.54) is 18.4 Å². The summed E-state index contributed by atoms with van der Waals surface area (Å²) in [4.78, 5) is 0. The molecule has 1 aromatic rings. The van der Waals surface area contributed by atoms with E-state index in [0.717, 1.165) is 18.7 Å². The highest BCUT2D eigenvalue weighted by molar-refractivity contribution is 5.28. The second-order valence-corrected chi connectivity index (χ2v) is 4.32. The number of nitriles is 1. The van der Waals surface area contributed by atoms with E-state index in [-0.39, 0.29) is 0 Å². The van der Waals surface area contributed by atoms with Gasteiger partial charge in [-0.2, -0.15) is 5.26 Å². The van der Waals surface area contributed by atoms with Crippen LogP contribution in [0.25, 0.3) is 0 Å². The molecule has 1 aromatic heterocycles. The molecule has 1 unspecified atom stereocenters. The largest absolute Gasteiger partial charge is 0.342 e. The minimum absolute atomic E-state index is 0.593. The molecule has 1 N–H and O–H groups in total. The van der Waals surface area contributed by atoms with Crippen molar-refractivity contribution in [3.8, 4) is 6.07 Å². The maximum absolute atomic E-state index is 8.85. The summed E-state index contributed by atoms with van der Waals surface area (Å²) >= 11 is 0. The molecule has 1 atom stereocenters.